The monoisotopic (exact) mass is 612 g/mol. The van der Waals surface area contributed by atoms with Gasteiger partial charge in [-0.3, -0.25) is 0 Å². The predicted octanol–water partition coefficient (Wildman–Crippen LogP) is 7.13. The number of ether oxygens (including phenoxy) is 1. The smallest absolute Gasteiger partial charge is 0.406 e. The second-order valence-corrected chi connectivity index (χ2v) is 10.8. The average molecular weight is 613 g/mol. The van der Waals surface area contributed by atoms with Crippen molar-refractivity contribution in [1.82, 2.24) is 20.1 Å². The first-order valence-electron chi connectivity index (χ1n) is 13.5. The maximum atomic E-state index is 13.9. The summed E-state index contributed by atoms with van der Waals surface area (Å²) < 4.78 is 56.4. The molecular weight excluding hydrogens is 584 g/mol. The van der Waals surface area contributed by atoms with Crippen LogP contribution in [0.3, 0.4) is 0 Å². The van der Waals surface area contributed by atoms with E-state index in [0.29, 0.717) is 23.1 Å². The third-order valence-corrected chi connectivity index (χ3v) is 7.76. The lowest BCUT2D eigenvalue weighted by Gasteiger charge is -2.36. The number of carbonyl (C=O) groups excluding carboxylic acids is 1. The summed E-state index contributed by atoms with van der Waals surface area (Å²) in [5.41, 5.74) is 3.79. The first-order chi connectivity index (χ1) is 20.6. The normalized spacial score (nSPS) is 16.4. The van der Waals surface area contributed by atoms with E-state index in [2.05, 4.69) is 32.1 Å². The molecule has 1 atom stereocenters. The fourth-order valence-electron chi connectivity index (χ4n) is 4.60. The van der Waals surface area contributed by atoms with Gasteiger partial charge in [-0.05, 0) is 73.4 Å². The van der Waals surface area contributed by atoms with Crippen molar-refractivity contribution in [3.8, 4) is 22.8 Å². The van der Waals surface area contributed by atoms with Gasteiger partial charge in [0.05, 0.1) is 5.69 Å². The minimum absolute atomic E-state index is 0.107. The fourth-order valence-corrected chi connectivity index (χ4v) is 5.81. The highest BCUT2D eigenvalue weighted by Gasteiger charge is 2.31. The van der Waals surface area contributed by atoms with Crippen molar-refractivity contribution in [2.24, 2.45) is 4.99 Å². The largest absolute Gasteiger partial charge is 0.573 e. The number of hydrogen-bond donors (Lipinski definition) is 1. The minimum atomic E-state index is -4.76. The van der Waals surface area contributed by atoms with Crippen molar-refractivity contribution in [3.63, 3.8) is 0 Å². The standard InChI is InChI=1S/C30H28F4N6O2S/c1-3-21-16-23(31)8-13-26(21)40-19(2)14-15-43-29(40)37-28(41)35-17-20-4-6-22(7-5-20)27-36-18-39(38-27)24-9-11-25(12-10-24)42-30(32,33)34/h4-13,16,18-19H,3,14-15,17H2,1-2H3,(H,35,41)/b37-29-. The zero-order chi connectivity index (χ0) is 30.6. The number of aryl methyl sites for hydroxylation is 1. The number of nitrogens with zero attached hydrogens (tertiary/aromatic N) is 5. The molecule has 0 saturated carbocycles. The van der Waals surface area contributed by atoms with Gasteiger partial charge in [0.2, 0.25) is 0 Å². The van der Waals surface area contributed by atoms with Crippen molar-refractivity contribution in [2.75, 3.05) is 10.7 Å². The van der Waals surface area contributed by atoms with E-state index in [1.54, 1.807) is 6.07 Å². The molecule has 1 saturated heterocycles. The van der Waals surface area contributed by atoms with E-state index in [1.807, 2.05) is 36.1 Å². The molecule has 43 heavy (non-hydrogen) atoms. The molecule has 1 aliphatic rings. The Hall–Kier alpha value is -4.39. The van der Waals surface area contributed by atoms with Gasteiger partial charge in [0.25, 0.3) is 0 Å². The highest BCUT2D eigenvalue weighted by molar-refractivity contribution is 8.14. The van der Waals surface area contributed by atoms with Gasteiger partial charge in [0.1, 0.15) is 17.9 Å². The van der Waals surface area contributed by atoms with E-state index < -0.39 is 12.4 Å². The molecule has 1 unspecified atom stereocenters. The van der Waals surface area contributed by atoms with E-state index in [0.717, 1.165) is 34.6 Å². The maximum Gasteiger partial charge on any atom is 0.573 e. The number of aromatic nitrogens is 3. The molecule has 0 spiro atoms. The minimum Gasteiger partial charge on any atom is -0.406 e. The lowest BCUT2D eigenvalue weighted by Crippen LogP contribution is -2.42. The van der Waals surface area contributed by atoms with Crippen LogP contribution in [0, 0.1) is 5.82 Å². The summed E-state index contributed by atoms with van der Waals surface area (Å²) in [6.07, 6.45) is -1.73. The van der Waals surface area contributed by atoms with Crippen LogP contribution in [-0.4, -0.2) is 44.1 Å². The summed E-state index contributed by atoms with van der Waals surface area (Å²) in [5.74, 6) is 0.634. The van der Waals surface area contributed by atoms with Gasteiger partial charge in [-0.15, -0.1) is 18.3 Å². The van der Waals surface area contributed by atoms with Crippen molar-refractivity contribution in [3.05, 3.63) is 90.0 Å². The summed E-state index contributed by atoms with van der Waals surface area (Å²) in [7, 11) is 0. The Bertz CT molecular complexity index is 1610. The number of alkyl halides is 3. The van der Waals surface area contributed by atoms with Gasteiger partial charge >= 0.3 is 12.4 Å². The lowest BCUT2D eigenvalue weighted by atomic mass is 10.1. The van der Waals surface area contributed by atoms with Crippen molar-refractivity contribution >= 4 is 28.6 Å². The zero-order valence-corrected chi connectivity index (χ0v) is 24.1. The molecule has 0 bridgehead atoms. The van der Waals surface area contributed by atoms with Crippen LogP contribution in [0.15, 0.2) is 78.0 Å². The molecule has 4 aromatic rings. The van der Waals surface area contributed by atoms with E-state index in [1.165, 1.54) is 59.2 Å². The molecule has 8 nitrogen and oxygen atoms in total. The van der Waals surface area contributed by atoms with E-state index >= 15 is 0 Å². The number of carbonyl (C=O) groups is 1. The van der Waals surface area contributed by atoms with Crippen LogP contribution in [0.1, 0.15) is 31.4 Å². The first kappa shape index (κ1) is 30.1. The summed E-state index contributed by atoms with van der Waals surface area (Å²) in [4.78, 5) is 23.5. The molecule has 1 aromatic heterocycles. The number of urea groups is 1. The molecule has 1 fully saturated rings. The number of halogens is 4. The maximum absolute atomic E-state index is 13.9. The summed E-state index contributed by atoms with van der Waals surface area (Å²) in [5, 5.41) is 7.82. The highest BCUT2D eigenvalue weighted by Crippen LogP contribution is 2.32. The first-order valence-corrected chi connectivity index (χ1v) is 14.5. The Morgan fingerprint density at radius 2 is 1.86 bits per heavy atom. The number of rotatable bonds is 7. The highest BCUT2D eigenvalue weighted by atomic mass is 32.2. The predicted molar refractivity (Wildman–Crippen MR) is 158 cm³/mol. The van der Waals surface area contributed by atoms with Crippen LogP contribution in [-0.2, 0) is 13.0 Å². The number of nitrogens with one attached hydrogen (secondary N) is 1. The van der Waals surface area contributed by atoms with Gasteiger partial charge in [0.15, 0.2) is 11.0 Å². The topological polar surface area (TPSA) is 84.6 Å². The van der Waals surface area contributed by atoms with Gasteiger partial charge in [-0.25, -0.2) is 18.9 Å². The molecule has 5 rings (SSSR count). The Balaban J connectivity index is 1.22. The number of amides is 2. The molecule has 13 heteroatoms. The summed E-state index contributed by atoms with van der Waals surface area (Å²) >= 11 is 1.50. The number of amidine groups is 1. The second kappa shape index (κ2) is 12.9. The second-order valence-electron chi connectivity index (χ2n) is 9.79. The van der Waals surface area contributed by atoms with E-state index in [9.17, 15) is 22.4 Å². The number of hydrogen-bond acceptors (Lipinski definition) is 5. The fraction of sp³-hybridized carbons (Fsp3) is 0.267. The van der Waals surface area contributed by atoms with Crippen LogP contribution in [0.25, 0.3) is 17.1 Å². The molecule has 1 aliphatic heterocycles. The van der Waals surface area contributed by atoms with Crippen LogP contribution < -0.4 is 15.0 Å². The van der Waals surface area contributed by atoms with Crippen molar-refractivity contribution in [2.45, 2.75) is 45.6 Å². The van der Waals surface area contributed by atoms with Crippen molar-refractivity contribution < 1.29 is 27.1 Å². The van der Waals surface area contributed by atoms with Gasteiger partial charge in [0, 0.05) is 29.6 Å². The summed E-state index contributed by atoms with van der Waals surface area (Å²) in [6, 6.07) is 16.9. The number of aliphatic imine (C=N–C) groups is 1. The Morgan fingerprint density at radius 1 is 1.12 bits per heavy atom. The number of thioether (sulfide) groups is 1. The third-order valence-electron chi connectivity index (χ3n) is 6.78. The molecule has 2 amide bonds. The van der Waals surface area contributed by atoms with Gasteiger partial charge < -0.3 is 15.0 Å². The van der Waals surface area contributed by atoms with E-state index in [4.69, 9.17) is 0 Å². The van der Waals surface area contributed by atoms with Crippen LogP contribution in [0.4, 0.5) is 28.0 Å². The Kier molecular flexibility index (Phi) is 9.00. The third kappa shape index (κ3) is 7.53. The number of anilines is 1. The lowest BCUT2D eigenvalue weighted by molar-refractivity contribution is -0.274. The van der Waals surface area contributed by atoms with Crippen molar-refractivity contribution in [1.29, 1.82) is 0 Å². The molecule has 0 aliphatic carbocycles. The molecule has 2 heterocycles. The SMILES string of the molecule is CCc1cc(F)ccc1N1/C(=N/C(=O)NCc2ccc(-c3ncn(-c4ccc(OC(F)(F)F)cc4)n3)cc2)SCCC1C. The van der Waals surface area contributed by atoms with Crippen LogP contribution in [0.2, 0.25) is 0 Å². The van der Waals surface area contributed by atoms with Gasteiger partial charge in [-0.1, -0.05) is 43.0 Å². The Morgan fingerprint density at radius 3 is 2.56 bits per heavy atom. The molecule has 1 N–H and O–H groups in total. The quantitative estimate of drug-likeness (QED) is 0.224. The average Bonchev–Trinajstić information content (AvgIpc) is 3.47. The molecule has 224 valence electrons. The van der Waals surface area contributed by atoms with Gasteiger partial charge in [-0.2, -0.15) is 4.99 Å². The summed E-state index contributed by atoms with van der Waals surface area (Å²) in [6.45, 7) is 4.29. The van der Waals surface area contributed by atoms with E-state index in [-0.39, 0.29) is 24.2 Å². The molecule has 0 radical (unpaired) electrons. The van der Waals surface area contributed by atoms with Crippen LogP contribution in [0.5, 0.6) is 5.75 Å². The Labute approximate surface area is 249 Å². The zero-order valence-electron chi connectivity index (χ0n) is 23.3. The molecule has 3 aromatic carbocycles. The number of benzene rings is 3. The molecular formula is C30H28F4N6O2S. The van der Waals surface area contributed by atoms with Crippen LogP contribution >= 0.6 is 11.8 Å².